The number of likely N-dealkylation sites (N-methyl/N-ethyl adjacent to an activating group) is 1. The number of aryl methyl sites for hydroxylation is 1. The first-order chi connectivity index (χ1) is 20.2. The number of amides is 2. The Hall–Kier alpha value is -2.82. The van der Waals surface area contributed by atoms with E-state index in [9.17, 15) is 23.1 Å². The van der Waals surface area contributed by atoms with E-state index >= 15 is 0 Å². The second kappa shape index (κ2) is 13.2. The fourth-order valence-corrected chi connectivity index (χ4v) is 8.52. The molecule has 228 valence electrons. The first-order valence-electron chi connectivity index (χ1n) is 15.1. The van der Waals surface area contributed by atoms with Crippen LogP contribution < -0.4 is 10.2 Å². The molecule has 2 aliphatic heterocycles. The first kappa shape index (κ1) is 30.6. The van der Waals surface area contributed by atoms with Crippen molar-refractivity contribution in [3.8, 4) is 0 Å². The minimum absolute atomic E-state index is 0.0798. The van der Waals surface area contributed by atoms with Gasteiger partial charge in [0.1, 0.15) is 10.9 Å². The quantitative estimate of drug-likeness (QED) is 0.416. The lowest BCUT2D eigenvalue weighted by Crippen LogP contribution is -2.49. The van der Waals surface area contributed by atoms with Crippen molar-refractivity contribution in [2.45, 2.75) is 81.2 Å². The molecule has 0 unspecified atom stereocenters. The van der Waals surface area contributed by atoms with Crippen LogP contribution in [0.15, 0.2) is 47.4 Å². The molecule has 1 saturated heterocycles. The van der Waals surface area contributed by atoms with Gasteiger partial charge in [0.2, 0.25) is 10.0 Å². The zero-order chi connectivity index (χ0) is 29.9. The molecule has 3 aliphatic rings. The highest BCUT2D eigenvalue weighted by molar-refractivity contribution is 7.89. The van der Waals surface area contributed by atoms with Gasteiger partial charge in [-0.3, -0.25) is 0 Å². The van der Waals surface area contributed by atoms with Gasteiger partial charge in [0, 0.05) is 43.4 Å². The number of hydrogen-bond acceptors (Lipinski definition) is 5. The minimum Gasteiger partial charge on any atom is -0.480 e. The highest BCUT2D eigenvalue weighted by Crippen LogP contribution is 2.42. The molecule has 1 saturated carbocycles. The standard InChI is InChI=1S/C31H41ClN4O5S/c1-34-28(22-11-5-2-6-12-22)21-36(24-13-7-3-8-14-24)27-20-25(32)23(19-29(27)42(34,40)41)15-16-26(30(37)38)33-31(39)35-17-9-4-10-18-35/h3,7-8,13-14,19-20,22,26,28H,2,4-6,9-12,15-18,21H2,1H3,(H,33,39)(H,37,38)/t26-,28+/m1/s1. The van der Waals surface area contributed by atoms with Crippen molar-refractivity contribution in [2.75, 3.05) is 31.6 Å². The Labute approximate surface area is 253 Å². The van der Waals surface area contributed by atoms with Crippen LogP contribution >= 0.6 is 11.6 Å². The van der Waals surface area contributed by atoms with Crippen LogP contribution in [0.4, 0.5) is 16.2 Å². The Morgan fingerprint density at radius 1 is 1.02 bits per heavy atom. The van der Waals surface area contributed by atoms with Gasteiger partial charge in [0.15, 0.2) is 0 Å². The summed E-state index contributed by atoms with van der Waals surface area (Å²) in [7, 11) is -2.21. The van der Waals surface area contributed by atoms with Crippen molar-refractivity contribution in [1.82, 2.24) is 14.5 Å². The van der Waals surface area contributed by atoms with Gasteiger partial charge in [0.25, 0.3) is 0 Å². The van der Waals surface area contributed by atoms with Crippen LogP contribution in [0.5, 0.6) is 0 Å². The fourth-order valence-electron chi connectivity index (χ4n) is 6.64. The fraction of sp³-hybridized carbons (Fsp3) is 0.548. The lowest BCUT2D eigenvalue weighted by atomic mass is 9.83. The van der Waals surface area contributed by atoms with Gasteiger partial charge in [0.05, 0.1) is 5.69 Å². The van der Waals surface area contributed by atoms with Gasteiger partial charge in [-0.15, -0.1) is 0 Å². The van der Waals surface area contributed by atoms with E-state index in [1.54, 1.807) is 28.4 Å². The Kier molecular flexibility index (Phi) is 9.64. The highest BCUT2D eigenvalue weighted by atomic mass is 35.5. The molecule has 1 aliphatic carbocycles. The third-order valence-corrected chi connectivity index (χ3v) is 11.4. The third-order valence-electron chi connectivity index (χ3n) is 9.12. The van der Waals surface area contributed by atoms with Crippen molar-refractivity contribution >= 4 is 45.0 Å². The van der Waals surface area contributed by atoms with E-state index in [-0.39, 0.29) is 35.7 Å². The predicted molar refractivity (Wildman–Crippen MR) is 164 cm³/mol. The maximum atomic E-state index is 14.2. The molecule has 9 nitrogen and oxygen atoms in total. The van der Waals surface area contributed by atoms with Gasteiger partial charge in [-0.25, -0.2) is 18.0 Å². The summed E-state index contributed by atoms with van der Waals surface area (Å²) >= 11 is 6.79. The average molecular weight is 617 g/mol. The number of halogens is 1. The zero-order valence-electron chi connectivity index (χ0n) is 24.2. The van der Waals surface area contributed by atoms with E-state index < -0.39 is 22.0 Å². The number of hydrogen-bond donors (Lipinski definition) is 2. The SMILES string of the molecule is CN1[C@H](C2CCCCC2)CN(c2ccccc2)c2cc(Cl)c(CC[C@@H](NC(=O)N3CCCCC3)C(=O)O)cc2S1(=O)=O. The number of carbonyl (C=O) groups is 2. The Balaban J connectivity index is 1.45. The van der Waals surface area contributed by atoms with Crippen molar-refractivity contribution in [3.63, 3.8) is 0 Å². The highest BCUT2D eigenvalue weighted by Gasteiger charge is 2.41. The number of carboxylic acids is 1. The molecule has 0 aromatic heterocycles. The number of nitrogens with one attached hydrogen (secondary N) is 1. The van der Waals surface area contributed by atoms with Crippen LogP contribution in [0.3, 0.4) is 0 Å². The predicted octanol–water partition coefficient (Wildman–Crippen LogP) is 5.64. The number of sulfonamides is 1. The zero-order valence-corrected chi connectivity index (χ0v) is 25.7. The number of anilines is 2. The Morgan fingerprint density at radius 2 is 1.69 bits per heavy atom. The number of urea groups is 1. The van der Waals surface area contributed by atoms with E-state index in [2.05, 4.69) is 10.2 Å². The molecule has 2 aromatic rings. The van der Waals surface area contributed by atoms with Crippen LogP contribution in [0.1, 0.15) is 63.4 Å². The summed E-state index contributed by atoms with van der Waals surface area (Å²) in [5, 5.41) is 12.9. The third kappa shape index (κ3) is 6.55. The Bertz CT molecular complexity index is 1380. The normalized spacial score (nSPS) is 22.2. The van der Waals surface area contributed by atoms with Crippen molar-refractivity contribution in [3.05, 3.63) is 53.1 Å². The number of aliphatic carboxylic acids is 1. The number of piperidine rings is 1. The molecule has 42 heavy (non-hydrogen) atoms. The smallest absolute Gasteiger partial charge is 0.326 e. The molecule has 2 N–H and O–H groups in total. The summed E-state index contributed by atoms with van der Waals surface area (Å²) in [6.07, 6.45) is 8.51. The molecule has 2 atom stereocenters. The molecule has 0 bridgehead atoms. The van der Waals surface area contributed by atoms with Crippen LogP contribution in [-0.4, -0.2) is 73.5 Å². The number of likely N-dealkylation sites (tertiary alicyclic amines) is 1. The number of carboxylic acid groups (broad SMARTS) is 1. The van der Waals surface area contributed by atoms with Gasteiger partial charge < -0.3 is 20.2 Å². The van der Waals surface area contributed by atoms with E-state index in [4.69, 9.17) is 11.6 Å². The monoisotopic (exact) mass is 616 g/mol. The number of para-hydroxylation sites is 1. The van der Waals surface area contributed by atoms with Gasteiger partial charge in [-0.05, 0) is 80.7 Å². The van der Waals surface area contributed by atoms with Gasteiger partial charge >= 0.3 is 12.0 Å². The molecule has 11 heteroatoms. The number of carbonyl (C=O) groups excluding carboxylic acids is 1. The van der Waals surface area contributed by atoms with Crippen LogP contribution in [0, 0.1) is 5.92 Å². The minimum atomic E-state index is -3.88. The van der Waals surface area contributed by atoms with Crippen molar-refractivity contribution < 1.29 is 23.1 Å². The largest absolute Gasteiger partial charge is 0.480 e. The van der Waals surface area contributed by atoms with E-state index in [1.807, 2.05) is 30.3 Å². The second-order valence-electron chi connectivity index (χ2n) is 11.8. The number of rotatable bonds is 7. The molecule has 2 heterocycles. The topological polar surface area (TPSA) is 110 Å². The summed E-state index contributed by atoms with van der Waals surface area (Å²) < 4.78 is 29.9. The summed E-state index contributed by atoms with van der Waals surface area (Å²) in [5.74, 6) is -0.877. The second-order valence-corrected chi connectivity index (χ2v) is 14.1. The van der Waals surface area contributed by atoms with E-state index in [1.165, 1.54) is 6.42 Å². The Morgan fingerprint density at radius 3 is 2.36 bits per heavy atom. The van der Waals surface area contributed by atoms with E-state index in [0.29, 0.717) is 35.9 Å². The molecule has 0 spiro atoms. The maximum absolute atomic E-state index is 14.2. The molecule has 2 aromatic carbocycles. The molecule has 5 rings (SSSR count). The summed E-state index contributed by atoms with van der Waals surface area (Å²) in [4.78, 5) is 28.6. The number of nitrogens with zero attached hydrogens (tertiary/aromatic N) is 3. The lowest BCUT2D eigenvalue weighted by molar-refractivity contribution is -0.139. The van der Waals surface area contributed by atoms with Crippen LogP contribution in [-0.2, 0) is 21.2 Å². The number of benzene rings is 2. The average Bonchev–Trinajstić information content (AvgIpc) is 3.08. The van der Waals surface area contributed by atoms with Crippen molar-refractivity contribution in [2.24, 2.45) is 5.92 Å². The van der Waals surface area contributed by atoms with E-state index in [0.717, 1.165) is 50.6 Å². The molecular formula is C31H41ClN4O5S. The van der Waals surface area contributed by atoms with Gasteiger partial charge in [-0.2, -0.15) is 4.31 Å². The molecule has 2 amide bonds. The summed E-state index contributed by atoms with van der Waals surface area (Å²) in [6.45, 7) is 1.73. The summed E-state index contributed by atoms with van der Waals surface area (Å²) in [6, 6.07) is 11.4. The van der Waals surface area contributed by atoms with Crippen LogP contribution in [0.2, 0.25) is 5.02 Å². The molecule has 2 fully saturated rings. The molecule has 0 radical (unpaired) electrons. The van der Waals surface area contributed by atoms with Crippen molar-refractivity contribution in [1.29, 1.82) is 0 Å². The number of fused-ring (bicyclic) bond motifs is 1. The summed E-state index contributed by atoms with van der Waals surface area (Å²) in [5.41, 5.74) is 1.95. The van der Waals surface area contributed by atoms with Crippen LogP contribution in [0.25, 0.3) is 0 Å². The lowest BCUT2D eigenvalue weighted by Gasteiger charge is -2.36. The molecular weight excluding hydrogens is 576 g/mol. The maximum Gasteiger partial charge on any atom is 0.326 e. The van der Waals surface area contributed by atoms with Gasteiger partial charge in [-0.1, -0.05) is 49.1 Å². The first-order valence-corrected chi connectivity index (χ1v) is 16.9.